The fourth-order valence-corrected chi connectivity index (χ4v) is 3.54. The minimum absolute atomic E-state index is 0.000566. The molecule has 0 saturated heterocycles. The molecule has 1 heterocycles. The molecule has 1 N–H and O–H groups in total. The molecule has 9 heteroatoms. The first-order valence-electron chi connectivity index (χ1n) is 6.29. The van der Waals surface area contributed by atoms with Crippen LogP contribution in [-0.4, -0.2) is 25.1 Å². The van der Waals surface area contributed by atoms with Crippen molar-refractivity contribution in [2.75, 3.05) is 7.11 Å². The van der Waals surface area contributed by atoms with Gasteiger partial charge >= 0.3 is 0 Å². The summed E-state index contributed by atoms with van der Waals surface area (Å²) in [5, 5.41) is -0.266. The largest absolute Gasteiger partial charge is 0.494 e. The fraction of sp³-hybridized carbons (Fsp3) is 0.308. The van der Waals surface area contributed by atoms with Crippen LogP contribution in [0.3, 0.4) is 0 Å². The van der Waals surface area contributed by atoms with Crippen molar-refractivity contribution in [2.24, 2.45) is 7.05 Å². The number of methoxy groups -OCH3 is 1. The summed E-state index contributed by atoms with van der Waals surface area (Å²) in [4.78, 5) is 3.77. The normalized spacial score (nSPS) is 13.1. The van der Waals surface area contributed by atoms with Crippen molar-refractivity contribution in [3.8, 4) is 5.75 Å². The van der Waals surface area contributed by atoms with Gasteiger partial charge in [0.25, 0.3) is 10.0 Å². The van der Waals surface area contributed by atoms with Crippen LogP contribution in [0.1, 0.15) is 18.5 Å². The number of hydrogen-bond donors (Lipinski definition) is 1. The lowest BCUT2D eigenvalue weighted by atomic mass is 10.1. The number of benzene rings is 1. The lowest BCUT2D eigenvalue weighted by Crippen LogP contribution is -2.27. The molecule has 0 aliphatic carbocycles. The van der Waals surface area contributed by atoms with Crippen LogP contribution in [0.15, 0.2) is 29.6 Å². The summed E-state index contributed by atoms with van der Waals surface area (Å²) in [6.07, 6.45) is 1.30. The maximum Gasteiger partial charge on any atom is 0.261 e. The summed E-state index contributed by atoms with van der Waals surface area (Å²) in [5.41, 5.74) is 0.453. The molecule has 0 amide bonds. The van der Waals surface area contributed by atoms with Crippen LogP contribution in [0.25, 0.3) is 0 Å². The molecule has 0 unspecified atom stereocenters. The molecule has 120 valence electrons. The third-order valence-electron chi connectivity index (χ3n) is 3.10. The first-order valence-corrected chi connectivity index (χ1v) is 8.15. The quantitative estimate of drug-likeness (QED) is 0.900. The highest BCUT2D eigenvalue weighted by Crippen LogP contribution is 2.24. The van der Waals surface area contributed by atoms with Gasteiger partial charge in [0.1, 0.15) is 5.15 Å². The van der Waals surface area contributed by atoms with Crippen LogP contribution >= 0.6 is 11.6 Å². The predicted octanol–water partition coefficient (Wildman–Crippen LogP) is 2.26. The molecule has 22 heavy (non-hydrogen) atoms. The Labute approximate surface area is 132 Å². The minimum Gasteiger partial charge on any atom is -0.494 e. The topological polar surface area (TPSA) is 73.2 Å². The Hall–Kier alpha value is -1.64. The van der Waals surface area contributed by atoms with Gasteiger partial charge in [-0.1, -0.05) is 17.7 Å². The Kier molecular flexibility index (Phi) is 4.74. The van der Waals surface area contributed by atoms with Gasteiger partial charge in [-0.3, -0.25) is 0 Å². The zero-order valence-corrected chi connectivity index (χ0v) is 13.7. The molecule has 2 rings (SSSR count). The number of imidazole rings is 1. The Bertz CT molecular complexity index is 792. The van der Waals surface area contributed by atoms with E-state index in [9.17, 15) is 12.8 Å². The smallest absolute Gasteiger partial charge is 0.261 e. The van der Waals surface area contributed by atoms with Crippen LogP contribution in [-0.2, 0) is 17.1 Å². The Morgan fingerprint density at radius 3 is 2.64 bits per heavy atom. The van der Waals surface area contributed by atoms with E-state index in [-0.39, 0.29) is 15.9 Å². The van der Waals surface area contributed by atoms with E-state index in [0.29, 0.717) is 5.56 Å². The molecular weight excluding hydrogens is 333 g/mol. The van der Waals surface area contributed by atoms with Crippen LogP contribution in [0, 0.1) is 5.82 Å². The van der Waals surface area contributed by atoms with Crippen molar-refractivity contribution in [3.05, 3.63) is 41.1 Å². The predicted molar refractivity (Wildman–Crippen MR) is 79.9 cm³/mol. The van der Waals surface area contributed by atoms with Gasteiger partial charge in [-0.05, 0) is 24.6 Å². The number of hydrogen-bond acceptors (Lipinski definition) is 4. The van der Waals surface area contributed by atoms with Crippen LogP contribution in [0.2, 0.25) is 5.15 Å². The van der Waals surface area contributed by atoms with E-state index in [0.717, 1.165) is 0 Å². The van der Waals surface area contributed by atoms with Gasteiger partial charge in [0.2, 0.25) is 5.03 Å². The second-order valence-electron chi connectivity index (χ2n) is 4.69. The standard InChI is InChI=1S/C13H15ClFN3O3S/c1-8(9-4-5-11(21-3)10(15)6-9)17-22(19,20)13-12(14)18(2)7-16-13/h4-8,17H,1-3H3/t8-/m1/s1. The van der Waals surface area contributed by atoms with E-state index in [2.05, 4.69) is 9.71 Å². The zero-order valence-electron chi connectivity index (χ0n) is 12.2. The second kappa shape index (κ2) is 6.23. The van der Waals surface area contributed by atoms with Gasteiger partial charge in [-0.25, -0.2) is 22.5 Å². The summed E-state index contributed by atoms with van der Waals surface area (Å²) >= 11 is 5.89. The molecule has 1 aromatic heterocycles. The molecule has 1 atom stereocenters. The van der Waals surface area contributed by atoms with Gasteiger partial charge in [0.15, 0.2) is 11.6 Å². The molecule has 0 fully saturated rings. The summed E-state index contributed by atoms with van der Waals surface area (Å²) in [5.74, 6) is -0.478. The number of nitrogens with zero attached hydrogens (tertiary/aromatic N) is 2. The third-order valence-corrected chi connectivity index (χ3v) is 5.13. The van der Waals surface area contributed by atoms with E-state index < -0.39 is 21.9 Å². The van der Waals surface area contributed by atoms with Crippen LogP contribution < -0.4 is 9.46 Å². The maximum absolute atomic E-state index is 13.7. The highest BCUT2D eigenvalue weighted by atomic mass is 35.5. The Balaban J connectivity index is 2.26. The number of ether oxygens (including phenoxy) is 1. The second-order valence-corrected chi connectivity index (χ2v) is 6.68. The molecule has 0 spiro atoms. The molecule has 2 aromatic rings. The molecule has 0 radical (unpaired) electrons. The average molecular weight is 348 g/mol. The van der Waals surface area contributed by atoms with Crippen LogP contribution in [0.5, 0.6) is 5.75 Å². The van der Waals surface area contributed by atoms with Crippen molar-refractivity contribution in [1.29, 1.82) is 0 Å². The van der Waals surface area contributed by atoms with E-state index >= 15 is 0 Å². The Morgan fingerprint density at radius 2 is 2.14 bits per heavy atom. The number of aryl methyl sites for hydroxylation is 1. The van der Waals surface area contributed by atoms with Gasteiger partial charge in [-0.2, -0.15) is 0 Å². The Morgan fingerprint density at radius 1 is 1.45 bits per heavy atom. The molecule has 6 nitrogen and oxygen atoms in total. The lowest BCUT2D eigenvalue weighted by Gasteiger charge is -2.14. The zero-order chi connectivity index (χ0) is 16.5. The molecule has 0 saturated carbocycles. The van der Waals surface area contributed by atoms with E-state index in [1.54, 1.807) is 20.0 Å². The minimum atomic E-state index is -3.91. The number of rotatable bonds is 5. The lowest BCUT2D eigenvalue weighted by molar-refractivity contribution is 0.386. The average Bonchev–Trinajstić information content (AvgIpc) is 2.79. The maximum atomic E-state index is 13.7. The van der Waals surface area contributed by atoms with Crippen molar-refractivity contribution >= 4 is 21.6 Å². The summed E-state index contributed by atoms with van der Waals surface area (Å²) < 4.78 is 46.9. The van der Waals surface area contributed by atoms with Gasteiger partial charge in [0, 0.05) is 13.1 Å². The molecule has 0 bridgehead atoms. The van der Waals surface area contributed by atoms with E-state index in [4.69, 9.17) is 16.3 Å². The van der Waals surface area contributed by atoms with E-state index in [1.807, 2.05) is 0 Å². The summed E-state index contributed by atoms with van der Waals surface area (Å²) in [7, 11) is -0.979. The number of nitrogens with one attached hydrogen (secondary N) is 1. The summed E-state index contributed by atoms with van der Waals surface area (Å²) in [6, 6.07) is 3.56. The molecule has 0 aliphatic rings. The van der Waals surface area contributed by atoms with Gasteiger partial charge in [0.05, 0.1) is 13.4 Å². The van der Waals surface area contributed by atoms with Gasteiger partial charge < -0.3 is 9.30 Å². The SMILES string of the molecule is COc1ccc([C@@H](C)NS(=O)(=O)c2ncn(C)c2Cl)cc1F. The fourth-order valence-electron chi connectivity index (χ4n) is 1.88. The third kappa shape index (κ3) is 3.23. The van der Waals surface area contributed by atoms with Gasteiger partial charge in [-0.15, -0.1) is 0 Å². The highest BCUT2D eigenvalue weighted by molar-refractivity contribution is 7.89. The van der Waals surface area contributed by atoms with Crippen molar-refractivity contribution < 1.29 is 17.5 Å². The molecule has 1 aromatic carbocycles. The van der Waals surface area contributed by atoms with Crippen molar-refractivity contribution in [3.63, 3.8) is 0 Å². The molecular formula is C13H15ClFN3O3S. The first-order chi connectivity index (χ1) is 10.3. The van der Waals surface area contributed by atoms with E-state index in [1.165, 1.54) is 30.1 Å². The number of aromatic nitrogens is 2. The van der Waals surface area contributed by atoms with Crippen LogP contribution in [0.4, 0.5) is 4.39 Å². The number of halogens is 2. The van der Waals surface area contributed by atoms with Crippen molar-refractivity contribution in [1.82, 2.24) is 14.3 Å². The first kappa shape index (κ1) is 16.7. The molecule has 0 aliphatic heterocycles. The summed E-state index contributed by atoms with van der Waals surface area (Å²) in [6.45, 7) is 1.59. The number of sulfonamides is 1. The monoisotopic (exact) mass is 347 g/mol. The van der Waals surface area contributed by atoms with Crippen molar-refractivity contribution in [2.45, 2.75) is 18.0 Å². The highest BCUT2D eigenvalue weighted by Gasteiger charge is 2.25.